The molecule has 0 saturated heterocycles. The normalized spacial score (nSPS) is 19.8. The summed E-state index contributed by atoms with van der Waals surface area (Å²) in [4.78, 5) is 0. The fraction of sp³-hybridized carbons (Fsp3) is 0.625. The third-order valence-electron chi connectivity index (χ3n) is 4.33. The SMILES string of the molecule is CCNC(c1c(F)cccc1F)C1(OC)CCCCC1. The van der Waals surface area contributed by atoms with Gasteiger partial charge in [0, 0.05) is 12.7 Å². The van der Waals surface area contributed by atoms with Crippen molar-refractivity contribution in [2.24, 2.45) is 0 Å². The molecule has 0 radical (unpaired) electrons. The van der Waals surface area contributed by atoms with Crippen LogP contribution in [0.2, 0.25) is 0 Å². The predicted octanol–water partition coefficient (Wildman–Crippen LogP) is 3.96. The first-order chi connectivity index (χ1) is 9.64. The zero-order valence-electron chi connectivity index (χ0n) is 12.2. The molecule has 1 aromatic carbocycles. The van der Waals surface area contributed by atoms with E-state index in [1.54, 1.807) is 7.11 Å². The zero-order chi connectivity index (χ0) is 14.6. The van der Waals surface area contributed by atoms with E-state index in [0.717, 1.165) is 32.1 Å². The van der Waals surface area contributed by atoms with Crippen LogP contribution in [0.3, 0.4) is 0 Å². The minimum Gasteiger partial charge on any atom is -0.376 e. The van der Waals surface area contributed by atoms with E-state index in [0.29, 0.717) is 6.54 Å². The van der Waals surface area contributed by atoms with Crippen molar-refractivity contribution in [3.8, 4) is 0 Å². The van der Waals surface area contributed by atoms with E-state index in [4.69, 9.17) is 4.74 Å². The maximum atomic E-state index is 14.1. The van der Waals surface area contributed by atoms with Gasteiger partial charge in [0.2, 0.25) is 0 Å². The zero-order valence-corrected chi connectivity index (χ0v) is 12.2. The predicted molar refractivity (Wildman–Crippen MR) is 75.6 cm³/mol. The van der Waals surface area contributed by atoms with E-state index in [2.05, 4.69) is 5.32 Å². The number of benzene rings is 1. The van der Waals surface area contributed by atoms with Crippen LogP contribution in [0.4, 0.5) is 8.78 Å². The highest BCUT2D eigenvalue weighted by Crippen LogP contribution is 2.42. The molecule has 0 amide bonds. The van der Waals surface area contributed by atoms with Gasteiger partial charge in [0.1, 0.15) is 11.6 Å². The largest absolute Gasteiger partial charge is 0.376 e. The summed E-state index contributed by atoms with van der Waals surface area (Å²) in [6.45, 7) is 2.58. The van der Waals surface area contributed by atoms with Crippen molar-refractivity contribution in [1.29, 1.82) is 0 Å². The fourth-order valence-electron chi connectivity index (χ4n) is 3.30. The molecule has 1 atom stereocenters. The third-order valence-corrected chi connectivity index (χ3v) is 4.33. The number of hydrogen-bond donors (Lipinski definition) is 1. The second-order valence-electron chi connectivity index (χ2n) is 5.46. The highest BCUT2D eigenvalue weighted by molar-refractivity contribution is 5.26. The standard InChI is InChI=1S/C16H23F2NO/c1-3-19-15(14-12(17)8-7-9-13(14)18)16(20-2)10-5-4-6-11-16/h7-9,15,19H,3-6,10-11H2,1-2H3. The average molecular weight is 283 g/mol. The van der Waals surface area contributed by atoms with Gasteiger partial charge >= 0.3 is 0 Å². The summed E-state index contributed by atoms with van der Waals surface area (Å²) < 4.78 is 34.1. The van der Waals surface area contributed by atoms with Gasteiger partial charge in [-0.3, -0.25) is 0 Å². The number of hydrogen-bond acceptors (Lipinski definition) is 2. The van der Waals surface area contributed by atoms with E-state index < -0.39 is 23.3 Å². The van der Waals surface area contributed by atoms with Gasteiger partial charge in [0.25, 0.3) is 0 Å². The van der Waals surface area contributed by atoms with Crippen LogP contribution < -0.4 is 5.32 Å². The van der Waals surface area contributed by atoms with Crippen molar-refractivity contribution >= 4 is 0 Å². The molecule has 1 N–H and O–H groups in total. The Bertz CT molecular complexity index is 424. The summed E-state index contributed by atoms with van der Waals surface area (Å²) in [5.41, 5.74) is -0.407. The van der Waals surface area contributed by atoms with Crippen molar-refractivity contribution in [2.75, 3.05) is 13.7 Å². The average Bonchev–Trinajstić information content (AvgIpc) is 2.47. The topological polar surface area (TPSA) is 21.3 Å². The van der Waals surface area contributed by atoms with Gasteiger partial charge in [0.15, 0.2) is 0 Å². The highest BCUT2D eigenvalue weighted by Gasteiger charge is 2.42. The Morgan fingerprint density at radius 2 is 1.80 bits per heavy atom. The van der Waals surface area contributed by atoms with Crippen LogP contribution in [0.1, 0.15) is 50.6 Å². The molecule has 0 spiro atoms. The molecule has 0 heterocycles. The van der Waals surface area contributed by atoms with Crippen LogP contribution in [0.15, 0.2) is 18.2 Å². The minimum atomic E-state index is -0.517. The Morgan fingerprint density at radius 3 is 2.30 bits per heavy atom. The minimum absolute atomic E-state index is 0.109. The molecule has 4 heteroatoms. The number of likely N-dealkylation sites (N-methyl/N-ethyl adjacent to an activating group) is 1. The molecule has 1 unspecified atom stereocenters. The second-order valence-corrected chi connectivity index (χ2v) is 5.46. The molecule has 0 aromatic heterocycles. The summed E-state index contributed by atoms with van der Waals surface area (Å²) in [5, 5.41) is 3.24. The van der Waals surface area contributed by atoms with Crippen molar-refractivity contribution in [2.45, 2.75) is 50.7 Å². The van der Waals surface area contributed by atoms with E-state index in [-0.39, 0.29) is 5.56 Å². The highest BCUT2D eigenvalue weighted by atomic mass is 19.1. The molecule has 0 aliphatic heterocycles. The van der Waals surface area contributed by atoms with Crippen molar-refractivity contribution in [1.82, 2.24) is 5.32 Å². The lowest BCUT2D eigenvalue weighted by atomic mass is 9.76. The molecule has 1 aromatic rings. The molecule has 0 bridgehead atoms. The molecule has 112 valence electrons. The Hall–Kier alpha value is -1.00. The van der Waals surface area contributed by atoms with Crippen LogP contribution >= 0.6 is 0 Å². The van der Waals surface area contributed by atoms with E-state index >= 15 is 0 Å². The molecule has 1 aliphatic rings. The second kappa shape index (κ2) is 6.64. The number of halogens is 2. The molecule has 1 aliphatic carbocycles. The van der Waals surface area contributed by atoms with Gasteiger partial charge in [-0.2, -0.15) is 0 Å². The first-order valence-corrected chi connectivity index (χ1v) is 7.37. The number of methoxy groups -OCH3 is 1. The van der Waals surface area contributed by atoms with Gasteiger partial charge in [-0.1, -0.05) is 32.3 Å². The van der Waals surface area contributed by atoms with E-state index in [9.17, 15) is 8.78 Å². The fourth-order valence-corrected chi connectivity index (χ4v) is 3.30. The molecule has 2 nitrogen and oxygen atoms in total. The van der Waals surface area contributed by atoms with Gasteiger partial charge in [-0.25, -0.2) is 8.78 Å². The monoisotopic (exact) mass is 283 g/mol. The molecule has 1 saturated carbocycles. The smallest absolute Gasteiger partial charge is 0.131 e. The first kappa shape index (κ1) is 15.4. The van der Waals surface area contributed by atoms with E-state index in [1.807, 2.05) is 6.92 Å². The molecule has 20 heavy (non-hydrogen) atoms. The molecular weight excluding hydrogens is 260 g/mol. The lowest BCUT2D eigenvalue weighted by Gasteiger charge is -2.43. The van der Waals surface area contributed by atoms with Gasteiger partial charge < -0.3 is 10.1 Å². The van der Waals surface area contributed by atoms with E-state index in [1.165, 1.54) is 18.2 Å². The lowest BCUT2D eigenvalue weighted by molar-refractivity contribution is -0.0699. The maximum absolute atomic E-state index is 14.1. The maximum Gasteiger partial charge on any atom is 0.131 e. The van der Waals surface area contributed by atoms with Gasteiger partial charge in [-0.05, 0) is 31.5 Å². The molecule has 1 fully saturated rings. The Morgan fingerprint density at radius 1 is 1.20 bits per heavy atom. The van der Waals surface area contributed by atoms with Crippen LogP contribution in [-0.2, 0) is 4.74 Å². The van der Waals surface area contributed by atoms with Gasteiger partial charge in [0.05, 0.1) is 11.6 Å². The molecule has 2 rings (SSSR count). The van der Waals surface area contributed by atoms with Crippen molar-refractivity contribution < 1.29 is 13.5 Å². The summed E-state index contributed by atoms with van der Waals surface area (Å²) in [6.07, 6.45) is 4.88. The van der Waals surface area contributed by atoms with Crippen LogP contribution in [0.25, 0.3) is 0 Å². The van der Waals surface area contributed by atoms with Crippen molar-refractivity contribution in [3.63, 3.8) is 0 Å². The summed E-state index contributed by atoms with van der Waals surface area (Å²) >= 11 is 0. The van der Waals surface area contributed by atoms with Crippen LogP contribution in [-0.4, -0.2) is 19.3 Å². The number of ether oxygens (including phenoxy) is 1. The quantitative estimate of drug-likeness (QED) is 0.883. The Kier molecular flexibility index (Phi) is 5.11. The molecular formula is C16H23F2NO. The number of nitrogens with one attached hydrogen (secondary N) is 1. The summed E-state index contributed by atoms with van der Waals surface area (Å²) in [6, 6.07) is 3.58. The third kappa shape index (κ3) is 2.86. The van der Waals surface area contributed by atoms with Crippen molar-refractivity contribution in [3.05, 3.63) is 35.4 Å². The Labute approximate surface area is 119 Å². The Balaban J connectivity index is 2.44. The number of rotatable bonds is 5. The first-order valence-electron chi connectivity index (χ1n) is 7.37. The summed E-state index contributed by atoms with van der Waals surface area (Å²) in [7, 11) is 1.65. The van der Waals surface area contributed by atoms with Gasteiger partial charge in [-0.15, -0.1) is 0 Å². The van der Waals surface area contributed by atoms with Crippen LogP contribution in [0.5, 0.6) is 0 Å². The lowest BCUT2D eigenvalue weighted by Crippen LogP contribution is -2.47. The summed E-state index contributed by atoms with van der Waals surface area (Å²) in [5.74, 6) is -1.00. The van der Waals surface area contributed by atoms with Crippen LogP contribution in [0, 0.1) is 11.6 Å².